The molecule has 92 valence electrons. The molecule has 1 aromatic rings. The Bertz CT molecular complexity index is 399. The number of hydrogen-bond acceptors (Lipinski definition) is 2. The quantitative estimate of drug-likeness (QED) is 0.902. The van der Waals surface area contributed by atoms with E-state index in [-0.39, 0.29) is 0 Å². The van der Waals surface area contributed by atoms with Crippen molar-refractivity contribution in [2.45, 2.75) is 19.4 Å². The molecule has 3 heteroatoms. The van der Waals surface area contributed by atoms with Gasteiger partial charge < -0.3 is 5.32 Å². The summed E-state index contributed by atoms with van der Waals surface area (Å²) >= 11 is 3.64. The first-order valence-electron chi connectivity index (χ1n) is 6.44. The van der Waals surface area contributed by atoms with Crippen molar-refractivity contribution in [3.63, 3.8) is 0 Å². The van der Waals surface area contributed by atoms with E-state index in [1.54, 1.807) is 0 Å². The summed E-state index contributed by atoms with van der Waals surface area (Å²) in [6, 6.07) is 8.57. The lowest BCUT2D eigenvalue weighted by Gasteiger charge is -2.23. The summed E-state index contributed by atoms with van der Waals surface area (Å²) < 4.78 is 1.24. The summed E-state index contributed by atoms with van der Waals surface area (Å²) in [5, 5.41) is 3.51. The van der Waals surface area contributed by atoms with Crippen LogP contribution in [0, 0.1) is 5.41 Å². The molecular weight excluding hydrogens is 276 g/mol. The van der Waals surface area contributed by atoms with E-state index in [0.717, 1.165) is 6.54 Å². The molecule has 1 atom stereocenters. The van der Waals surface area contributed by atoms with E-state index in [2.05, 4.69) is 50.4 Å². The summed E-state index contributed by atoms with van der Waals surface area (Å²) in [6.45, 7) is 6.04. The Hall–Kier alpha value is -0.380. The van der Waals surface area contributed by atoms with Crippen molar-refractivity contribution < 1.29 is 0 Å². The number of nitrogens with zero attached hydrogens (tertiary/aromatic N) is 1. The van der Waals surface area contributed by atoms with Crippen molar-refractivity contribution in [2.24, 2.45) is 5.41 Å². The summed E-state index contributed by atoms with van der Waals surface area (Å²) in [7, 11) is 0. The zero-order chi connectivity index (χ0) is 11.7. The number of benzene rings is 1. The minimum atomic E-state index is 0.585. The molecule has 1 N–H and O–H groups in total. The van der Waals surface area contributed by atoms with Gasteiger partial charge in [0.05, 0.1) is 0 Å². The zero-order valence-electron chi connectivity index (χ0n) is 10.1. The minimum absolute atomic E-state index is 0.585. The zero-order valence-corrected chi connectivity index (χ0v) is 11.7. The van der Waals surface area contributed by atoms with E-state index in [1.807, 2.05) is 0 Å². The van der Waals surface area contributed by atoms with Crippen molar-refractivity contribution in [3.05, 3.63) is 34.3 Å². The molecule has 2 aliphatic heterocycles. The van der Waals surface area contributed by atoms with Crippen LogP contribution < -0.4 is 5.32 Å². The monoisotopic (exact) mass is 294 g/mol. The van der Waals surface area contributed by atoms with Crippen LogP contribution in [0.1, 0.15) is 18.4 Å². The van der Waals surface area contributed by atoms with Gasteiger partial charge in [-0.2, -0.15) is 0 Å². The highest BCUT2D eigenvalue weighted by molar-refractivity contribution is 9.10. The molecule has 1 aromatic carbocycles. The molecule has 0 amide bonds. The topological polar surface area (TPSA) is 15.3 Å². The van der Waals surface area contributed by atoms with Crippen molar-refractivity contribution in [1.82, 2.24) is 10.2 Å². The molecule has 0 saturated carbocycles. The second kappa shape index (κ2) is 4.71. The smallest absolute Gasteiger partial charge is 0.0245 e. The standard InChI is InChI=1S/C14H19BrN2/c15-13-4-2-1-3-12(13)9-17-8-6-14(11-17)5-7-16-10-14/h1-4,16H,5-11H2. The van der Waals surface area contributed by atoms with E-state index >= 15 is 0 Å². The average molecular weight is 295 g/mol. The van der Waals surface area contributed by atoms with Gasteiger partial charge in [-0.1, -0.05) is 34.1 Å². The molecule has 2 aliphatic rings. The van der Waals surface area contributed by atoms with Gasteiger partial charge in [0.25, 0.3) is 0 Å². The summed E-state index contributed by atoms with van der Waals surface area (Å²) in [6.07, 6.45) is 2.73. The first-order valence-corrected chi connectivity index (χ1v) is 7.23. The fraction of sp³-hybridized carbons (Fsp3) is 0.571. The van der Waals surface area contributed by atoms with Crippen LogP contribution >= 0.6 is 15.9 Å². The maximum atomic E-state index is 3.64. The van der Waals surface area contributed by atoms with Gasteiger partial charge in [-0.15, -0.1) is 0 Å². The van der Waals surface area contributed by atoms with Crippen LogP contribution in [0.25, 0.3) is 0 Å². The summed E-state index contributed by atoms with van der Waals surface area (Å²) in [4.78, 5) is 2.60. The molecule has 2 saturated heterocycles. The van der Waals surface area contributed by atoms with Gasteiger partial charge in [0.1, 0.15) is 0 Å². The van der Waals surface area contributed by atoms with Crippen LogP contribution in [0.3, 0.4) is 0 Å². The molecule has 3 rings (SSSR count). The van der Waals surface area contributed by atoms with Crippen LogP contribution in [0.15, 0.2) is 28.7 Å². The number of likely N-dealkylation sites (tertiary alicyclic amines) is 1. The number of halogens is 1. The van der Waals surface area contributed by atoms with Crippen LogP contribution in [0.2, 0.25) is 0 Å². The molecule has 1 unspecified atom stereocenters. The maximum Gasteiger partial charge on any atom is 0.0245 e. The van der Waals surface area contributed by atoms with Gasteiger partial charge in [-0.3, -0.25) is 4.90 Å². The minimum Gasteiger partial charge on any atom is -0.316 e. The Morgan fingerprint density at radius 1 is 1.29 bits per heavy atom. The average Bonchev–Trinajstić information content (AvgIpc) is 2.94. The van der Waals surface area contributed by atoms with Gasteiger partial charge in [-0.05, 0) is 43.0 Å². The molecule has 2 heterocycles. The molecule has 2 fully saturated rings. The van der Waals surface area contributed by atoms with Crippen LogP contribution in [-0.4, -0.2) is 31.1 Å². The SMILES string of the molecule is Brc1ccccc1CN1CCC2(CCNC2)C1. The number of hydrogen-bond donors (Lipinski definition) is 1. The van der Waals surface area contributed by atoms with E-state index < -0.39 is 0 Å². The van der Waals surface area contributed by atoms with Crippen LogP contribution in [-0.2, 0) is 6.54 Å². The Kier molecular flexibility index (Phi) is 3.24. The van der Waals surface area contributed by atoms with Gasteiger partial charge in [0.2, 0.25) is 0 Å². The maximum absolute atomic E-state index is 3.64. The predicted octanol–water partition coefficient (Wildman–Crippen LogP) is 2.63. The molecule has 0 radical (unpaired) electrons. The fourth-order valence-electron chi connectivity index (χ4n) is 3.17. The van der Waals surface area contributed by atoms with Crippen LogP contribution in [0.4, 0.5) is 0 Å². The predicted molar refractivity (Wildman–Crippen MR) is 74.0 cm³/mol. The van der Waals surface area contributed by atoms with E-state index in [4.69, 9.17) is 0 Å². The van der Waals surface area contributed by atoms with Gasteiger partial charge >= 0.3 is 0 Å². The van der Waals surface area contributed by atoms with Gasteiger partial charge in [0, 0.05) is 24.1 Å². The first kappa shape index (κ1) is 11.7. The third-order valence-electron chi connectivity index (χ3n) is 4.20. The third kappa shape index (κ3) is 2.42. The largest absolute Gasteiger partial charge is 0.316 e. The molecule has 0 aliphatic carbocycles. The normalized spacial score (nSPS) is 29.2. The van der Waals surface area contributed by atoms with Gasteiger partial charge in [-0.25, -0.2) is 0 Å². The van der Waals surface area contributed by atoms with E-state index in [1.165, 1.54) is 49.1 Å². The van der Waals surface area contributed by atoms with Crippen molar-refractivity contribution >= 4 is 15.9 Å². The molecular formula is C14H19BrN2. The molecule has 0 bridgehead atoms. The Morgan fingerprint density at radius 2 is 2.18 bits per heavy atom. The lowest BCUT2D eigenvalue weighted by atomic mass is 9.87. The summed E-state index contributed by atoms with van der Waals surface area (Å²) in [5.74, 6) is 0. The highest BCUT2D eigenvalue weighted by Crippen LogP contribution is 2.36. The Balaban J connectivity index is 1.66. The van der Waals surface area contributed by atoms with Crippen molar-refractivity contribution in [3.8, 4) is 0 Å². The van der Waals surface area contributed by atoms with E-state index in [9.17, 15) is 0 Å². The van der Waals surface area contributed by atoms with E-state index in [0.29, 0.717) is 5.41 Å². The number of nitrogens with one attached hydrogen (secondary N) is 1. The fourth-order valence-corrected chi connectivity index (χ4v) is 3.58. The molecule has 1 spiro atoms. The highest BCUT2D eigenvalue weighted by Gasteiger charge is 2.40. The molecule has 0 aromatic heterocycles. The second-order valence-corrected chi connectivity index (χ2v) is 6.33. The number of rotatable bonds is 2. The lowest BCUT2D eigenvalue weighted by Crippen LogP contribution is -2.29. The van der Waals surface area contributed by atoms with Crippen LogP contribution in [0.5, 0.6) is 0 Å². The first-order chi connectivity index (χ1) is 8.27. The third-order valence-corrected chi connectivity index (χ3v) is 4.97. The summed E-state index contributed by atoms with van der Waals surface area (Å²) in [5.41, 5.74) is 2.00. The van der Waals surface area contributed by atoms with Crippen molar-refractivity contribution in [1.29, 1.82) is 0 Å². The lowest BCUT2D eigenvalue weighted by molar-refractivity contribution is 0.268. The second-order valence-electron chi connectivity index (χ2n) is 5.48. The molecule has 2 nitrogen and oxygen atoms in total. The Morgan fingerprint density at radius 3 is 2.94 bits per heavy atom. The molecule has 17 heavy (non-hydrogen) atoms. The highest BCUT2D eigenvalue weighted by atomic mass is 79.9. The Labute approximate surface area is 112 Å². The van der Waals surface area contributed by atoms with Crippen molar-refractivity contribution in [2.75, 3.05) is 26.2 Å². The van der Waals surface area contributed by atoms with Gasteiger partial charge in [0.15, 0.2) is 0 Å².